The van der Waals surface area contributed by atoms with Gasteiger partial charge in [-0.15, -0.1) is 0 Å². The number of hydrogen-bond donors (Lipinski definition) is 0. The number of rotatable bonds is 4. The van der Waals surface area contributed by atoms with Gasteiger partial charge in [0.15, 0.2) is 0 Å². The molecule has 0 radical (unpaired) electrons. The molecule has 0 N–H and O–H groups in total. The summed E-state index contributed by atoms with van der Waals surface area (Å²) < 4.78 is 15.1. The zero-order valence-electron chi connectivity index (χ0n) is 23.0. The van der Waals surface area contributed by atoms with Crippen molar-refractivity contribution < 1.29 is 23.9 Å². The van der Waals surface area contributed by atoms with E-state index < -0.39 is 48.6 Å². The minimum atomic E-state index is -1.99. The number of nitrogens with zero attached hydrogens (tertiary/aromatic N) is 1. The Balaban J connectivity index is 1.72. The van der Waals surface area contributed by atoms with Crippen molar-refractivity contribution in [2.75, 3.05) is 4.90 Å². The molecule has 0 bridgehead atoms. The van der Waals surface area contributed by atoms with Crippen LogP contribution < -0.4 is 9.36 Å². The SMILES string of the molecule is CC(C)(C)[C@]1(C)OC(=O)[C@]2(C/C(=C(\[Se]c3ccccc3)[Si](C)(C)C)[C@@H]3C(=O)N(c4ccccc4)C(=O)[C@@H]32)O1. The number of hydrogen-bond acceptors (Lipinski definition) is 5. The quantitative estimate of drug-likeness (QED) is 0.297. The van der Waals surface area contributed by atoms with Crippen LogP contribution in [0.4, 0.5) is 5.69 Å². The van der Waals surface area contributed by atoms with Gasteiger partial charge in [0.25, 0.3) is 0 Å². The number of fused-ring (bicyclic) bond motifs is 2. The van der Waals surface area contributed by atoms with Gasteiger partial charge in [-0.25, -0.2) is 0 Å². The number of imide groups is 1. The summed E-state index contributed by atoms with van der Waals surface area (Å²) in [7, 11) is -1.99. The number of ether oxygens (including phenoxy) is 2. The summed E-state index contributed by atoms with van der Waals surface area (Å²) in [4.78, 5) is 43.4. The normalized spacial score (nSPS) is 30.7. The first-order chi connectivity index (χ1) is 17.7. The Morgan fingerprint density at radius 1 is 0.947 bits per heavy atom. The van der Waals surface area contributed by atoms with E-state index in [1.165, 1.54) is 13.5 Å². The Morgan fingerprint density at radius 3 is 2.05 bits per heavy atom. The van der Waals surface area contributed by atoms with E-state index in [-0.39, 0.29) is 27.3 Å². The first kappa shape index (κ1) is 27.1. The summed E-state index contributed by atoms with van der Waals surface area (Å²) in [6.07, 6.45) is 0.209. The van der Waals surface area contributed by atoms with Crippen LogP contribution in [0.25, 0.3) is 0 Å². The number of anilines is 1. The molecule has 6 nitrogen and oxygen atoms in total. The second-order valence-corrected chi connectivity index (χ2v) is 20.7. The van der Waals surface area contributed by atoms with Crippen LogP contribution in [0.2, 0.25) is 19.6 Å². The van der Waals surface area contributed by atoms with Crippen LogP contribution in [0, 0.1) is 17.3 Å². The summed E-state index contributed by atoms with van der Waals surface area (Å²) in [6, 6.07) is 19.2. The Morgan fingerprint density at radius 2 is 1.53 bits per heavy atom. The fraction of sp³-hybridized carbons (Fsp3) is 0.433. The monoisotopic (exact) mass is 597 g/mol. The third-order valence-corrected chi connectivity index (χ3v) is 16.1. The molecular formula is C30H35NO5SeSi. The molecule has 2 aromatic rings. The van der Waals surface area contributed by atoms with E-state index in [1.807, 2.05) is 45.0 Å². The number of benzene rings is 2. The van der Waals surface area contributed by atoms with E-state index >= 15 is 0 Å². The van der Waals surface area contributed by atoms with Crippen molar-refractivity contribution in [2.45, 2.75) is 65.1 Å². The number of amides is 2. The van der Waals surface area contributed by atoms with Gasteiger partial charge in [0, 0.05) is 0 Å². The molecule has 1 aliphatic carbocycles. The predicted octanol–water partition coefficient (Wildman–Crippen LogP) is 4.43. The summed E-state index contributed by atoms with van der Waals surface area (Å²) in [5, 5.41) is 0. The number of cyclic esters (lactones) is 1. The van der Waals surface area contributed by atoms with Crippen LogP contribution in [0.1, 0.15) is 34.1 Å². The van der Waals surface area contributed by atoms with E-state index in [0.29, 0.717) is 5.69 Å². The summed E-state index contributed by atoms with van der Waals surface area (Å²) >= 11 is -0.0590. The second-order valence-electron chi connectivity index (χ2n) is 12.6. The van der Waals surface area contributed by atoms with Gasteiger partial charge in [-0.2, -0.15) is 0 Å². The van der Waals surface area contributed by atoms with Crippen molar-refractivity contribution in [3.05, 3.63) is 70.3 Å². The molecule has 200 valence electrons. The van der Waals surface area contributed by atoms with E-state index in [1.54, 1.807) is 31.2 Å². The topological polar surface area (TPSA) is 72.9 Å². The third kappa shape index (κ3) is 4.13. The summed E-state index contributed by atoms with van der Waals surface area (Å²) in [6.45, 7) is 14.4. The van der Waals surface area contributed by atoms with Crippen molar-refractivity contribution in [3.63, 3.8) is 0 Å². The Kier molecular flexibility index (Phi) is 6.42. The maximum atomic E-state index is 14.2. The van der Waals surface area contributed by atoms with Crippen molar-refractivity contribution in [2.24, 2.45) is 17.3 Å². The zero-order valence-corrected chi connectivity index (χ0v) is 25.7. The molecule has 0 aromatic heterocycles. The van der Waals surface area contributed by atoms with Crippen LogP contribution in [-0.4, -0.2) is 52.2 Å². The molecule has 2 heterocycles. The average molecular weight is 597 g/mol. The van der Waals surface area contributed by atoms with E-state index in [4.69, 9.17) is 9.47 Å². The van der Waals surface area contributed by atoms with Crippen LogP contribution in [0.5, 0.6) is 0 Å². The molecule has 3 fully saturated rings. The third-order valence-electron chi connectivity index (χ3n) is 7.96. The molecule has 1 spiro atoms. The molecule has 2 aromatic carbocycles. The molecular weight excluding hydrogens is 561 g/mol. The Labute approximate surface area is 231 Å². The average Bonchev–Trinajstić information content (AvgIpc) is 3.41. The first-order valence-corrected chi connectivity index (χ1v) is 18.2. The second kappa shape index (κ2) is 9.02. The number of para-hydroxylation sites is 1. The van der Waals surface area contributed by atoms with E-state index in [2.05, 4.69) is 31.8 Å². The van der Waals surface area contributed by atoms with Gasteiger partial charge in [0.05, 0.1) is 0 Å². The fourth-order valence-corrected chi connectivity index (χ4v) is 11.5. The van der Waals surface area contributed by atoms with Crippen LogP contribution in [0.15, 0.2) is 70.3 Å². The van der Waals surface area contributed by atoms with Gasteiger partial charge >= 0.3 is 232 Å². The molecule has 2 saturated heterocycles. The molecule has 2 amide bonds. The molecule has 4 atom stereocenters. The Hall–Kier alpha value is -2.51. The van der Waals surface area contributed by atoms with Crippen molar-refractivity contribution in [1.82, 2.24) is 0 Å². The summed E-state index contributed by atoms with van der Waals surface area (Å²) in [5.41, 5.74) is -0.644. The van der Waals surface area contributed by atoms with Crippen molar-refractivity contribution >= 4 is 51.0 Å². The van der Waals surface area contributed by atoms with E-state index in [9.17, 15) is 14.4 Å². The molecule has 38 heavy (non-hydrogen) atoms. The first-order valence-electron chi connectivity index (χ1n) is 13.0. The molecule has 0 unspecified atom stereocenters. The number of carbonyl (C=O) groups is 3. The molecule has 8 heteroatoms. The van der Waals surface area contributed by atoms with Crippen LogP contribution >= 0.6 is 0 Å². The zero-order chi connectivity index (χ0) is 27.7. The number of carbonyl (C=O) groups excluding carboxylic acids is 3. The van der Waals surface area contributed by atoms with Gasteiger partial charge in [-0.3, -0.25) is 0 Å². The van der Waals surface area contributed by atoms with Crippen LogP contribution in [0.3, 0.4) is 0 Å². The predicted molar refractivity (Wildman–Crippen MR) is 151 cm³/mol. The standard InChI is InChI=1S/C30H35NO5SeSi/c1-28(2,3)29(4)35-27(34)30(36-29)18-21(26(38(5,6)7)37-20-16-12-9-13-17-20)22-23(30)25(33)31(24(22)32)19-14-10-8-11-15-19/h8-17,22-23H,18H2,1-7H3/b26-21-/t22-,23+,29+,30+/m0/s1. The summed E-state index contributed by atoms with van der Waals surface area (Å²) in [5.74, 6) is -4.14. The van der Waals surface area contributed by atoms with Gasteiger partial charge in [0.2, 0.25) is 0 Å². The van der Waals surface area contributed by atoms with Gasteiger partial charge in [-0.05, 0) is 0 Å². The molecule has 5 rings (SSSR count). The minimum absolute atomic E-state index is 0.0590. The van der Waals surface area contributed by atoms with Gasteiger partial charge in [0.1, 0.15) is 0 Å². The molecule has 1 saturated carbocycles. The number of esters is 1. The van der Waals surface area contributed by atoms with Crippen molar-refractivity contribution in [3.8, 4) is 0 Å². The maximum absolute atomic E-state index is 14.2. The van der Waals surface area contributed by atoms with Crippen LogP contribution in [-0.2, 0) is 23.9 Å². The molecule has 3 aliphatic rings. The fourth-order valence-electron chi connectivity index (χ4n) is 5.63. The molecule has 2 aliphatic heterocycles. The Bertz CT molecular complexity index is 1330. The van der Waals surface area contributed by atoms with Gasteiger partial charge < -0.3 is 0 Å². The van der Waals surface area contributed by atoms with Crippen molar-refractivity contribution in [1.29, 1.82) is 0 Å². The van der Waals surface area contributed by atoms with Gasteiger partial charge in [-0.1, -0.05) is 0 Å². The van der Waals surface area contributed by atoms with E-state index in [0.717, 1.165) is 5.57 Å².